The molecule has 0 saturated heterocycles. The maximum Gasteiger partial charge on any atom is 0.355 e. The second-order valence-corrected chi connectivity index (χ2v) is 9.29. The van der Waals surface area contributed by atoms with E-state index in [0.717, 1.165) is 46.4 Å². The highest BCUT2D eigenvalue weighted by Crippen LogP contribution is 2.34. The van der Waals surface area contributed by atoms with Gasteiger partial charge in [0, 0.05) is 36.4 Å². The van der Waals surface area contributed by atoms with E-state index in [0.29, 0.717) is 30.4 Å². The number of unbranched alkanes of at least 4 members (excludes halogenated alkanes) is 1. The van der Waals surface area contributed by atoms with Gasteiger partial charge in [-0.25, -0.2) is 9.78 Å². The van der Waals surface area contributed by atoms with E-state index in [9.17, 15) is 9.90 Å². The maximum absolute atomic E-state index is 11.9. The molecule has 2 aromatic carbocycles. The SMILES string of the molecule is CCCCc1nc(Cl)c(C(=O)O)n1Cc1ccc(-c2cc(-c3cc(OC)ccn3)ccc2-c2nn[nH]n2)cc1. The Hall–Kier alpha value is -4.57. The summed E-state index contributed by atoms with van der Waals surface area (Å²) >= 11 is 6.20. The summed E-state index contributed by atoms with van der Waals surface area (Å²) in [6, 6.07) is 17.5. The second-order valence-electron chi connectivity index (χ2n) is 8.94. The van der Waals surface area contributed by atoms with E-state index in [-0.39, 0.29) is 10.8 Å². The lowest BCUT2D eigenvalue weighted by molar-refractivity contribution is 0.0685. The van der Waals surface area contributed by atoms with Crippen LogP contribution < -0.4 is 4.74 Å². The predicted octanol–water partition coefficient (Wildman–Crippen LogP) is 5.54. The molecule has 0 unspecified atom stereocenters. The Morgan fingerprint density at radius 1 is 1.08 bits per heavy atom. The minimum Gasteiger partial charge on any atom is -0.497 e. The third-order valence-electron chi connectivity index (χ3n) is 6.43. The number of aromatic nitrogens is 7. The van der Waals surface area contributed by atoms with Crippen molar-refractivity contribution in [1.29, 1.82) is 0 Å². The summed E-state index contributed by atoms with van der Waals surface area (Å²) in [6.07, 6.45) is 4.22. The predicted molar refractivity (Wildman–Crippen MR) is 147 cm³/mol. The van der Waals surface area contributed by atoms with Gasteiger partial charge in [0.15, 0.2) is 10.8 Å². The van der Waals surface area contributed by atoms with Crippen molar-refractivity contribution in [1.82, 2.24) is 35.2 Å². The number of aryl methyl sites for hydroxylation is 1. The van der Waals surface area contributed by atoms with Crippen LogP contribution in [0, 0.1) is 0 Å². The summed E-state index contributed by atoms with van der Waals surface area (Å²) in [7, 11) is 1.62. The van der Waals surface area contributed by atoms with Crippen molar-refractivity contribution in [2.75, 3.05) is 7.11 Å². The van der Waals surface area contributed by atoms with Crippen molar-refractivity contribution in [2.45, 2.75) is 32.7 Å². The number of halogens is 1. The van der Waals surface area contributed by atoms with Gasteiger partial charge in [0.05, 0.1) is 12.8 Å². The van der Waals surface area contributed by atoms with Gasteiger partial charge in [-0.05, 0) is 46.5 Å². The Labute approximate surface area is 229 Å². The first kappa shape index (κ1) is 26.1. The molecule has 11 heteroatoms. The quantitative estimate of drug-likeness (QED) is 0.234. The zero-order valence-electron chi connectivity index (χ0n) is 21.4. The molecule has 0 amide bonds. The molecule has 5 aromatic rings. The smallest absolute Gasteiger partial charge is 0.355 e. The van der Waals surface area contributed by atoms with Crippen LogP contribution in [0.2, 0.25) is 5.15 Å². The maximum atomic E-state index is 11.9. The van der Waals surface area contributed by atoms with Gasteiger partial charge in [-0.15, -0.1) is 10.2 Å². The molecular formula is C28H26ClN7O3. The topological polar surface area (TPSA) is 132 Å². The van der Waals surface area contributed by atoms with Crippen LogP contribution in [0.3, 0.4) is 0 Å². The van der Waals surface area contributed by atoms with E-state index in [1.54, 1.807) is 23.9 Å². The molecule has 0 spiro atoms. The number of hydrogen-bond acceptors (Lipinski definition) is 7. The van der Waals surface area contributed by atoms with Crippen LogP contribution in [0.15, 0.2) is 60.8 Å². The molecule has 3 aromatic heterocycles. The van der Waals surface area contributed by atoms with E-state index in [4.69, 9.17) is 16.3 Å². The Balaban J connectivity index is 1.52. The molecule has 0 saturated carbocycles. The molecule has 0 radical (unpaired) electrons. The van der Waals surface area contributed by atoms with Gasteiger partial charge in [-0.1, -0.05) is 55.3 Å². The molecule has 0 aliphatic carbocycles. The Morgan fingerprint density at radius 2 is 1.87 bits per heavy atom. The molecule has 2 N–H and O–H groups in total. The molecule has 0 aliphatic rings. The number of carbonyl (C=O) groups is 1. The lowest BCUT2D eigenvalue weighted by Gasteiger charge is -2.13. The number of nitrogens with zero attached hydrogens (tertiary/aromatic N) is 6. The first-order chi connectivity index (χ1) is 19.0. The van der Waals surface area contributed by atoms with Crippen LogP contribution in [-0.4, -0.2) is 53.3 Å². The number of aromatic amines is 1. The normalized spacial score (nSPS) is 11.1. The zero-order valence-corrected chi connectivity index (χ0v) is 22.2. The highest BCUT2D eigenvalue weighted by Gasteiger charge is 2.21. The van der Waals surface area contributed by atoms with Crippen LogP contribution in [0.1, 0.15) is 41.6 Å². The van der Waals surface area contributed by atoms with Gasteiger partial charge in [0.2, 0.25) is 5.82 Å². The zero-order chi connectivity index (χ0) is 27.4. The average Bonchev–Trinajstić information content (AvgIpc) is 3.60. The molecule has 39 heavy (non-hydrogen) atoms. The Morgan fingerprint density at radius 3 is 2.56 bits per heavy atom. The standard InChI is InChI=1S/C28H26ClN7O3/c1-3-4-5-24-31-26(29)25(28(37)38)36(24)16-17-6-8-18(9-7-17)22-14-19(23-15-20(39-2)12-13-30-23)10-11-21(22)27-32-34-35-33-27/h6-15H,3-5,16H2,1-2H3,(H,37,38)(H,32,33,34,35). The molecular weight excluding hydrogens is 518 g/mol. The number of ether oxygens (including phenoxy) is 1. The third-order valence-corrected chi connectivity index (χ3v) is 6.70. The number of benzene rings is 2. The summed E-state index contributed by atoms with van der Waals surface area (Å²) in [6.45, 7) is 2.42. The van der Waals surface area contributed by atoms with Crippen LogP contribution in [0.4, 0.5) is 0 Å². The molecule has 0 atom stereocenters. The van der Waals surface area contributed by atoms with Gasteiger partial charge < -0.3 is 14.4 Å². The van der Waals surface area contributed by atoms with Crippen molar-refractivity contribution in [3.8, 4) is 39.5 Å². The summed E-state index contributed by atoms with van der Waals surface area (Å²) in [4.78, 5) is 20.8. The summed E-state index contributed by atoms with van der Waals surface area (Å²) < 4.78 is 7.06. The highest BCUT2D eigenvalue weighted by atomic mass is 35.5. The van der Waals surface area contributed by atoms with Crippen molar-refractivity contribution >= 4 is 17.6 Å². The number of hydrogen-bond donors (Lipinski definition) is 2. The number of carboxylic acids is 1. The van der Waals surface area contributed by atoms with Crippen molar-refractivity contribution in [2.24, 2.45) is 0 Å². The first-order valence-corrected chi connectivity index (χ1v) is 12.8. The number of imidazole rings is 1. The average molecular weight is 544 g/mol. The van der Waals surface area contributed by atoms with Gasteiger partial charge >= 0.3 is 5.97 Å². The van der Waals surface area contributed by atoms with Gasteiger partial charge in [0.25, 0.3) is 0 Å². The minimum atomic E-state index is -1.10. The molecule has 198 valence electrons. The fraction of sp³-hybridized carbons (Fsp3) is 0.214. The number of carboxylic acid groups (broad SMARTS) is 1. The number of H-pyrrole nitrogens is 1. The van der Waals surface area contributed by atoms with Crippen LogP contribution >= 0.6 is 11.6 Å². The monoisotopic (exact) mass is 543 g/mol. The van der Waals surface area contributed by atoms with Gasteiger partial charge in [-0.3, -0.25) is 4.98 Å². The largest absolute Gasteiger partial charge is 0.497 e. The van der Waals surface area contributed by atoms with Gasteiger partial charge in [-0.2, -0.15) is 5.21 Å². The third kappa shape index (κ3) is 5.51. The van der Waals surface area contributed by atoms with E-state index in [1.165, 1.54) is 0 Å². The summed E-state index contributed by atoms with van der Waals surface area (Å²) in [5.41, 5.74) is 5.22. The second kappa shape index (κ2) is 11.4. The van der Waals surface area contributed by atoms with E-state index in [2.05, 4.69) is 37.5 Å². The fourth-order valence-corrected chi connectivity index (χ4v) is 4.73. The number of aromatic carboxylic acids is 1. The van der Waals surface area contributed by atoms with Crippen molar-refractivity contribution < 1.29 is 14.6 Å². The van der Waals surface area contributed by atoms with E-state index in [1.807, 2.05) is 48.5 Å². The molecule has 5 rings (SSSR count). The minimum absolute atomic E-state index is 0.00438. The lowest BCUT2D eigenvalue weighted by Crippen LogP contribution is -2.13. The number of rotatable bonds is 10. The van der Waals surface area contributed by atoms with Crippen molar-refractivity contribution in [3.05, 3.63) is 83.0 Å². The number of nitrogens with one attached hydrogen (secondary N) is 1. The Bertz CT molecular complexity index is 1600. The fourth-order valence-electron chi connectivity index (χ4n) is 4.45. The summed E-state index contributed by atoms with van der Waals surface area (Å²) in [5, 5.41) is 24.4. The van der Waals surface area contributed by atoms with Crippen LogP contribution in [0.5, 0.6) is 5.75 Å². The van der Waals surface area contributed by atoms with Gasteiger partial charge in [0.1, 0.15) is 11.6 Å². The Kier molecular flexibility index (Phi) is 7.64. The van der Waals surface area contributed by atoms with Crippen molar-refractivity contribution in [3.63, 3.8) is 0 Å². The molecule has 0 aliphatic heterocycles. The highest BCUT2D eigenvalue weighted by molar-refractivity contribution is 6.32. The molecule has 0 fully saturated rings. The first-order valence-electron chi connectivity index (χ1n) is 12.4. The molecule has 10 nitrogen and oxygen atoms in total. The van der Waals surface area contributed by atoms with E-state index >= 15 is 0 Å². The van der Waals surface area contributed by atoms with E-state index < -0.39 is 5.97 Å². The molecule has 3 heterocycles. The number of pyridine rings is 1. The lowest BCUT2D eigenvalue weighted by atomic mass is 9.95. The number of tetrazole rings is 1. The molecule has 0 bridgehead atoms. The summed E-state index contributed by atoms with van der Waals surface area (Å²) in [5.74, 6) is 0.756. The van der Waals surface area contributed by atoms with Crippen LogP contribution in [-0.2, 0) is 13.0 Å². The number of methoxy groups -OCH3 is 1. The van der Waals surface area contributed by atoms with Crippen LogP contribution in [0.25, 0.3) is 33.8 Å².